The molecular weight excluding hydrogens is 326 g/mol. The number of thioether (sulfide) groups is 1. The smallest absolute Gasteiger partial charge is 0.196 e. The van der Waals surface area contributed by atoms with Gasteiger partial charge in [-0.05, 0) is 30.8 Å². The minimum atomic E-state index is 0.516. The zero-order chi connectivity index (χ0) is 16.9. The van der Waals surface area contributed by atoms with Gasteiger partial charge in [-0.15, -0.1) is 20.4 Å². The molecule has 3 rings (SSSR count). The fraction of sp³-hybridized carbons (Fsp3) is 0.333. The molecule has 0 atom stereocenters. The Morgan fingerprint density at radius 3 is 2.54 bits per heavy atom. The van der Waals surface area contributed by atoms with Crippen LogP contribution < -0.4 is 10.5 Å². The lowest BCUT2D eigenvalue weighted by Crippen LogP contribution is -2.09. The van der Waals surface area contributed by atoms with Gasteiger partial charge in [-0.25, -0.2) is 0 Å². The van der Waals surface area contributed by atoms with E-state index in [0.717, 1.165) is 28.2 Å². The number of hydrogen-bond acceptors (Lipinski definition) is 7. The molecule has 0 aliphatic carbocycles. The van der Waals surface area contributed by atoms with Gasteiger partial charge in [0.05, 0.1) is 12.9 Å². The maximum atomic E-state index is 5.70. The van der Waals surface area contributed by atoms with Crippen LogP contribution >= 0.6 is 11.8 Å². The summed E-state index contributed by atoms with van der Waals surface area (Å²) in [5, 5.41) is 17.4. The Labute approximate surface area is 144 Å². The van der Waals surface area contributed by atoms with E-state index in [9.17, 15) is 0 Å². The molecule has 0 aliphatic heterocycles. The van der Waals surface area contributed by atoms with Gasteiger partial charge in [0.25, 0.3) is 0 Å². The molecule has 0 unspecified atom stereocenters. The van der Waals surface area contributed by atoms with Crippen molar-refractivity contribution in [1.29, 1.82) is 0 Å². The van der Waals surface area contributed by atoms with Crippen LogP contribution in [0.4, 0.5) is 0 Å². The fourth-order valence-corrected chi connectivity index (χ4v) is 3.20. The number of rotatable bonds is 7. The second-order valence-corrected chi connectivity index (χ2v) is 6.06. The lowest BCUT2D eigenvalue weighted by Gasteiger charge is -2.10. The molecule has 2 N–H and O–H groups in total. The summed E-state index contributed by atoms with van der Waals surface area (Å²) in [4.78, 5) is 0. The zero-order valence-electron chi connectivity index (χ0n) is 13.6. The van der Waals surface area contributed by atoms with Crippen molar-refractivity contribution in [2.24, 2.45) is 12.8 Å². The summed E-state index contributed by atoms with van der Waals surface area (Å²) in [5.41, 5.74) is 6.68. The topological polar surface area (TPSA) is 96.7 Å². The summed E-state index contributed by atoms with van der Waals surface area (Å²) in [6, 6.07) is 7.79. The fourth-order valence-electron chi connectivity index (χ4n) is 2.24. The number of hydrogen-bond donors (Lipinski definition) is 1. The van der Waals surface area contributed by atoms with Crippen LogP contribution in [0.1, 0.15) is 11.6 Å². The van der Waals surface area contributed by atoms with Gasteiger partial charge >= 0.3 is 0 Å². The van der Waals surface area contributed by atoms with Crippen LogP contribution in [0, 0.1) is 0 Å². The Hall–Kier alpha value is -2.39. The number of nitrogens with zero attached hydrogens (tertiary/aromatic N) is 6. The van der Waals surface area contributed by atoms with Crippen LogP contribution in [0.3, 0.4) is 0 Å². The summed E-state index contributed by atoms with van der Waals surface area (Å²) in [6.07, 6.45) is 2.34. The summed E-state index contributed by atoms with van der Waals surface area (Å²) >= 11 is 1.56. The van der Waals surface area contributed by atoms with Crippen molar-refractivity contribution >= 4 is 11.8 Å². The maximum Gasteiger partial charge on any atom is 0.196 e. The molecule has 0 radical (unpaired) electrons. The molecular formula is C15H19N7OS. The summed E-state index contributed by atoms with van der Waals surface area (Å²) in [7, 11) is 3.57. The van der Waals surface area contributed by atoms with Gasteiger partial charge in [0.1, 0.15) is 23.7 Å². The Morgan fingerprint density at radius 1 is 1.12 bits per heavy atom. The normalized spacial score (nSPS) is 11.0. The Balaban J connectivity index is 1.89. The number of aromatic nitrogens is 6. The number of methoxy groups -OCH3 is 1. The van der Waals surface area contributed by atoms with E-state index in [2.05, 4.69) is 20.4 Å². The monoisotopic (exact) mass is 345 g/mol. The molecule has 0 aliphatic rings. The standard InChI is InChI=1S/C15H19N7OS/c1-21-10-17-18-14(21)9-24-15-20-19-13(7-8-16)22(15)11-3-5-12(23-2)6-4-11/h3-6,10H,7-9,16H2,1-2H3. The van der Waals surface area contributed by atoms with Gasteiger partial charge in [0.15, 0.2) is 5.16 Å². The number of nitrogens with two attached hydrogens (primary N) is 1. The highest BCUT2D eigenvalue weighted by atomic mass is 32.2. The SMILES string of the molecule is COc1ccc(-n2c(CCN)nnc2SCc2nncn2C)cc1. The highest BCUT2D eigenvalue weighted by Crippen LogP contribution is 2.25. The third kappa shape index (κ3) is 3.41. The van der Waals surface area contributed by atoms with Crippen LogP contribution in [-0.2, 0) is 19.2 Å². The number of aryl methyl sites for hydroxylation is 1. The van der Waals surface area contributed by atoms with E-state index in [1.54, 1.807) is 25.2 Å². The minimum absolute atomic E-state index is 0.516. The van der Waals surface area contributed by atoms with E-state index in [1.165, 1.54) is 0 Å². The first-order valence-corrected chi connectivity index (χ1v) is 8.46. The summed E-state index contributed by atoms with van der Waals surface area (Å²) in [5.74, 6) is 3.18. The molecule has 24 heavy (non-hydrogen) atoms. The van der Waals surface area contributed by atoms with Gasteiger partial charge in [-0.1, -0.05) is 11.8 Å². The maximum absolute atomic E-state index is 5.70. The molecule has 3 aromatic rings. The van der Waals surface area contributed by atoms with Gasteiger partial charge < -0.3 is 15.0 Å². The average Bonchev–Trinajstić information content (AvgIpc) is 3.19. The van der Waals surface area contributed by atoms with Crippen LogP contribution in [0.25, 0.3) is 5.69 Å². The van der Waals surface area contributed by atoms with Gasteiger partial charge in [0.2, 0.25) is 0 Å². The Kier molecular flexibility index (Phi) is 5.11. The quantitative estimate of drug-likeness (QED) is 0.643. The molecule has 1 aromatic carbocycles. The second-order valence-electron chi connectivity index (χ2n) is 5.12. The molecule has 0 fully saturated rings. The van der Waals surface area contributed by atoms with E-state index < -0.39 is 0 Å². The highest BCUT2D eigenvalue weighted by molar-refractivity contribution is 7.98. The minimum Gasteiger partial charge on any atom is -0.497 e. The zero-order valence-corrected chi connectivity index (χ0v) is 14.4. The molecule has 0 spiro atoms. The van der Waals surface area contributed by atoms with E-state index in [-0.39, 0.29) is 0 Å². The van der Waals surface area contributed by atoms with E-state index in [0.29, 0.717) is 18.7 Å². The van der Waals surface area contributed by atoms with Crippen molar-refractivity contribution in [3.63, 3.8) is 0 Å². The predicted molar refractivity (Wildman–Crippen MR) is 91.2 cm³/mol. The van der Waals surface area contributed by atoms with Crippen molar-refractivity contribution in [2.45, 2.75) is 17.3 Å². The first kappa shape index (κ1) is 16.5. The number of benzene rings is 1. The van der Waals surface area contributed by atoms with Crippen LogP contribution in [0.2, 0.25) is 0 Å². The Bertz CT molecular complexity index is 797. The number of ether oxygens (including phenoxy) is 1. The van der Waals surface area contributed by atoms with Gasteiger partial charge in [0, 0.05) is 19.2 Å². The first-order chi connectivity index (χ1) is 11.7. The predicted octanol–water partition coefficient (Wildman–Crippen LogP) is 1.20. The van der Waals surface area contributed by atoms with Gasteiger partial charge in [-0.3, -0.25) is 4.57 Å². The third-order valence-corrected chi connectivity index (χ3v) is 4.46. The highest BCUT2D eigenvalue weighted by Gasteiger charge is 2.15. The lowest BCUT2D eigenvalue weighted by molar-refractivity contribution is 0.414. The lowest BCUT2D eigenvalue weighted by atomic mass is 10.3. The van der Waals surface area contributed by atoms with Crippen molar-refractivity contribution < 1.29 is 4.74 Å². The molecule has 8 nitrogen and oxygen atoms in total. The molecule has 2 heterocycles. The van der Waals surface area contributed by atoms with E-state index >= 15 is 0 Å². The molecule has 0 saturated carbocycles. The molecule has 9 heteroatoms. The van der Waals surface area contributed by atoms with Crippen molar-refractivity contribution in [3.8, 4) is 11.4 Å². The van der Waals surface area contributed by atoms with Crippen LogP contribution in [0.15, 0.2) is 35.7 Å². The van der Waals surface area contributed by atoms with Crippen LogP contribution in [-0.4, -0.2) is 43.2 Å². The van der Waals surface area contributed by atoms with Crippen molar-refractivity contribution in [2.75, 3.05) is 13.7 Å². The Morgan fingerprint density at radius 2 is 1.92 bits per heavy atom. The second kappa shape index (κ2) is 7.45. The molecule has 0 saturated heterocycles. The summed E-state index contributed by atoms with van der Waals surface area (Å²) in [6.45, 7) is 0.516. The molecule has 2 aromatic heterocycles. The van der Waals surface area contributed by atoms with Gasteiger partial charge in [-0.2, -0.15) is 0 Å². The largest absolute Gasteiger partial charge is 0.497 e. The van der Waals surface area contributed by atoms with Crippen molar-refractivity contribution in [3.05, 3.63) is 42.2 Å². The average molecular weight is 345 g/mol. The van der Waals surface area contributed by atoms with E-state index in [1.807, 2.05) is 40.4 Å². The molecule has 126 valence electrons. The third-order valence-electron chi connectivity index (χ3n) is 3.53. The van der Waals surface area contributed by atoms with Crippen LogP contribution in [0.5, 0.6) is 5.75 Å². The molecule has 0 amide bonds. The van der Waals surface area contributed by atoms with Crippen molar-refractivity contribution in [1.82, 2.24) is 29.5 Å². The van der Waals surface area contributed by atoms with E-state index in [4.69, 9.17) is 10.5 Å². The summed E-state index contributed by atoms with van der Waals surface area (Å²) < 4.78 is 9.13. The first-order valence-electron chi connectivity index (χ1n) is 7.47. The molecule has 0 bridgehead atoms.